The van der Waals surface area contributed by atoms with Crippen LogP contribution in [0.1, 0.15) is 5.56 Å². The zero-order valence-corrected chi connectivity index (χ0v) is 9.40. The molecule has 1 atom stereocenters. The molecule has 1 rings (SSSR count). The molecule has 5 nitrogen and oxygen atoms in total. The highest BCUT2D eigenvalue weighted by Gasteiger charge is 2.19. The van der Waals surface area contributed by atoms with Crippen molar-refractivity contribution in [3.8, 4) is 5.75 Å². The van der Waals surface area contributed by atoms with Crippen LogP contribution in [0.25, 0.3) is 0 Å². The highest BCUT2D eigenvalue weighted by Crippen LogP contribution is 2.13. The van der Waals surface area contributed by atoms with Crippen molar-refractivity contribution < 1.29 is 14.3 Å². The number of methoxy groups -OCH3 is 1. The SMILES string of the molecule is COCC(Oc1ccc(C)cc1)C(=O)NN. The molecule has 0 fully saturated rings. The Morgan fingerprint density at radius 1 is 1.44 bits per heavy atom. The molecule has 1 aromatic carbocycles. The Morgan fingerprint density at radius 2 is 2.06 bits per heavy atom. The van der Waals surface area contributed by atoms with Crippen molar-refractivity contribution in [2.24, 2.45) is 5.84 Å². The van der Waals surface area contributed by atoms with Gasteiger partial charge in [0, 0.05) is 7.11 Å². The van der Waals surface area contributed by atoms with Gasteiger partial charge in [0.05, 0.1) is 6.61 Å². The Bertz CT molecular complexity index is 338. The molecule has 0 heterocycles. The van der Waals surface area contributed by atoms with Crippen molar-refractivity contribution >= 4 is 5.91 Å². The van der Waals surface area contributed by atoms with Crippen LogP contribution >= 0.6 is 0 Å². The van der Waals surface area contributed by atoms with Gasteiger partial charge in [-0.25, -0.2) is 5.84 Å². The van der Waals surface area contributed by atoms with E-state index in [1.165, 1.54) is 7.11 Å². The predicted molar refractivity (Wildman–Crippen MR) is 59.8 cm³/mol. The van der Waals surface area contributed by atoms with Gasteiger partial charge in [-0.05, 0) is 19.1 Å². The fourth-order valence-electron chi connectivity index (χ4n) is 1.19. The third kappa shape index (κ3) is 3.52. The number of amides is 1. The van der Waals surface area contributed by atoms with Crippen LogP contribution < -0.4 is 16.0 Å². The second kappa shape index (κ2) is 6.09. The lowest BCUT2D eigenvalue weighted by Crippen LogP contribution is -2.44. The number of rotatable bonds is 5. The number of hydrazine groups is 1. The summed E-state index contributed by atoms with van der Waals surface area (Å²) in [6.07, 6.45) is -0.738. The van der Waals surface area contributed by atoms with Gasteiger partial charge in [0.25, 0.3) is 5.91 Å². The smallest absolute Gasteiger partial charge is 0.277 e. The molecule has 88 valence electrons. The monoisotopic (exact) mass is 224 g/mol. The number of hydrogen-bond acceptors (Lipinski definition) is 4. The van der Waals surface area contributed by atoms with Crippen molar-refractivity contribution in [1.82, 2.24) is 5.43 Å². The second-order valence-corrected chi connectivity index (χ2v) is 3.38. The van der Waals surface area contributed by atoms with Gasteiger partial charge in [-0.1, -0.05) is 17.7 Å². The van der Waals surface area contributed by atoms with E-state index in [9.17, 15) is 4.79 Å². The zero-order valence-electron chi connectivity index (χ0n) is 9.40. The number of carbonyl (C=O) groups excluding carboxylic acids is 1. The number of nitrogens with one attached hydrogen (secondary N) is 1. The molecule has 0 saturated carbocycles. The molecule has 0 aliphatic heterocycles. The first-order valence-electron chi connectivity index (χ1n) is 4.90. The van der Waals surface area contributed by atoms with Crippen LogP contribution in [0.2, 0.25) is 0 Å². The Balaban J connectivity index is 2.67. The van der Waals surface area contributed by atoms with Crippen LogP contribution in [0, 0.1) is 6.92 Å². The van der Waals surface area contributed by atoms with Crippen LogP contribution in [-0.2, 0) is 9.53 Å². The van der Waals surface area contributed by atoms with Gasteiger partial charge in [-0.3, -0.25) is 10.2 Å². The van der Waals surface area contributed by atoms with Gasteiger partial charge in [0.2, 0.25) is 6.10 Å². The maximum absolute atomic E-state index is 11.3. The number of ether oxygens (including phenoxy) is 2. The summed E-state index contributed by atoms with van der Waals surface area (Å²) in [5.74, 6) is 5.24. The van der Waals surface area contributed by atoms with E-state index in [1.807, 2.05) is 24.5 Å². The first-order valence-corrected chi connectivity index (χ1v) is 4.90. The van der Waals surface area contributed by atoms with Crippen LogP contribution in [0.5, 0.6) is 5.75 Å². The number of nitrogens with two attached hydrogens (primary N) is 1. The molecule has 0 aliphatic carbocycles. The molecule has 0 bridgehead atoms. The highest BCUT2D eigenvalue weighted by molar-refractivity contribution is 5.80. The Labute approximate surface area is 94.5 Å². The fraction of sp³-hybridized carbons (Fsp3) is 0.364. The minimum Gasteiger partial charge on any atom is -0.478 e. The zero-order chi connectivity index (χ0) is 12.0. The minimum absolute atomic E-state index is 0.150. The molecule has 1 aromatic rings. The molecule has 16 heavy (non-hydrogen) atoms. The number of hydrogen-bond donors (Lipinski definition) is 2. The third-order valence-electron chi connectivity index (χ3n) is 2.05. The summed E-state index contributed by atoms with van der Waals surface area (Å²) in [5, 5.41) is 0. The number of carbonyl (C=O) groups is 1. The van der Waals surface area contributed by atoms with E-state index in [0.29, 0.717) is 5.75 Å². The Morgan fingerprint density at radius 3 is 2.56 bits per heavy atom. The van der Waals surface area contributed by atoms with Gasteiger partial charge in [-0.2, -0.15) is 0 Å². The van der Waals surface area contributed by atoms with Gasteiger partial charge in [-0.15, -0.1) is 0 Å². The van der Waals surface area contributed by atoms with E-state index in [0.717, 1.165) is 5.56 Å². The highest BCUT2D eigenvalue weighted by atomic mass is 16.5. The largest absolute Gasteiger partial charge is 0.478 e. The minimum atomic E-state index is -0.738. The molecule has 0 spiro atoms. The first-order chi connectivity index (χ1) is 7.67. The topological polar surface area (TPSA) is 73.6 Å². The standard InChI is InChI=1S/C11H16N2O3/c1-8-3-5-9(6-4-8)16-10(7-15-2)11(14)13-12/h3-6,10H,7,12H2,1-2H3,(H,13,14). The first kappa shape index (κ1) is 12.5. The summed E-state index contributed by atoms with van der Waals surface area (Å²) in [7, 11) is 1.50. The summed E-state index contributed by atoms with van der Waals surface area (Å²) in [4.78, 5) is 11.3. The van der Waals surface area contributed by atoms with Gasteiger partial charge in [0.15, 0.2) is 0 Å². The average molecular weight is 224 g/mol. The third-order valence-corrected chi connectivity index (χ3v) is 2.05. The summed E-state index contributed by atoms with van der Waals surface area (Å²) in [6.45, 7) is 2.12. The molecule has 0 aromatic heterocycles. The molecule has 5 heteroatoms. The van der Waals surface area contributed by atoms with E-state index in [-0.39, 0.29) is 6.61 Å². The van der Waals surface area contributed by atoms with E-state index in [4.69, 9.17) is 15.3 Å². The number of benzene rings is 1. The normalized spacial score (nSPS) is 11.9. The fourth-order valence-corrected chi connectivity index (χ4v) is 1.19. The van der Waals surface area contributed by atoms with Gasteiger partial charge >= 0.3 is 0 Å². The lowest BCUT2D eigenvalue weighted by Gasteiger charge is -2.16. The summed E-state index contributed by atoms with van der Waals surface area (Å²) >= 11 is 0. The van der Waals surface area contributed by atoms with Crippen molar-refractivity contribution in [1.29, 1.82) is 0 Å². The summed E-state index contributed by atoms with van der Waals surface area (Å²) in [5.41, 5.74) is 3.16. The van der Waals surface area contributed by atoms with E-state index >= 15 is 0 Å². The van der Waals surface area contributed by atoms with E-state index < -0.39 is 12.0 Å². The van der Waals surface area contributed by atoms with Crippen molar-refractivity contribution in [2.45, 2.75) is 13.0 Å². The van der Waals surface area contributed by atoms with Crippen LogP contribution in [0.3, 0.4) is 0 Å². The number of aryl methyl sites for hydroxylation is 1. The quantitative estimate of drug-likeness (QED) is 0.431. The Hall–Kier alpha value is -1.59. The molecule has 1 amide bonds. The molecular formula is C11H16N2O3. The summed E-state index contributed by atoms with van der Waals surface area (Å²) in [6, 6.07) is 7.39. The average Bonchev–Trinajstić information content (AvgIpc) is 2.30. The molecule has 0 radical (unpaired) electrons. The van der Waals surface area contributed by atoms with E-state index in [1.54, 1.807) is 12.1 Å². The van der Waals surface area contributed by atoms with E-state index in [2.05, 4.69) is 0 Å². The second-order valence-electron chi connectivity index (χ2n) is 3.38. The van der Waals surface area contributed by atoms with Crippen LogP contribution in [-0.4, -0.2) is 25.7 Å². The van der Waals surface area contributed by atoms with Gasteiger partial charge < -0.3 is 9.47 Å². The van der Waals surface area contributed by atoms with Gasteiger partial charge in [0.1, 0.15) is 5.75 Å². The van der Waals surface area contributed by atoms with Crippen molar-refractivity contribution in [3.05, 3.63) is 29.8 Å². The lowest BCUT2D eigenvalue weighted by atomic mass is 10.2. The maximum atomic E-state index is 11.3. The molecular weight excluding hydrogens is 208 g/mol. The maximum Gasteiger partial charge on any atom is 0.277 e. The van der Waals surface area contributed by atoms with Crippen LogP contribution in [0.4, 0.5) is 0 Å². The molecule has 0 aliphatic rings. The van der Waals surface area contributed by atoms with Crippen LogP contribution in [0.15, 0.2) is 24.3 Å². The van der Waals surface area contributed by atoms with Crippen molar-refractivity contribution in [2.75, 3.05) is 13.7 Å². The van der Waals surface area contributed by atoms with Crippen molar-refractivity contribution in [3.63, 3.8) is 0 Å². The Kier molecular flexibility index (Phi) is 4.75. The molecule has 0 saturated heterocycles. The lowest BCUT2D eigenvalue weighted by molar-refractivity contribution is -0.130. The summed E-state index contributed by atoms with van der Waals surface area (Å²) < 4.78 is 10.3. The molecule has 1 unspecified atom stereocenters. The molecule has 3 N–H and O–H groups in total. The predicted octanol–water partition coefficient (Wildman–Crippen LogP) is 0.379.